The molecule has 1 aliphatic heterocycles. The van der Waals surface area contributed by atoms with Gasteiger partial charge in [-0.25, -0.2) is 9.38 Å². The van der Waals surface area contributed by atoms with Gasteiger partial charge in [0, 0.05) is 18.2 Å². The molecule has 144 valence electrons. The smallest absolute Gasteiger partial charge is 0.185 e. The van der Waals surface area contributed by atoms with Gasteiger partial charge in [-0.2, -0.15) is 0 Å². The van der Waals surface area contributed by atoms with Gasteiger partial charge in [0.15, 0.2) is 11.0 Å². The van der Waals surface area contributed by atoms with Gasteiger partial charge >= 0.3 is 0 Å². The second-order valence-corrected chi connectivity index (χ2v) is 8.71. The zero-order valence-corrected chi connectivity index (χ0v) is 16.9. The maximum absolute atomic E-state index is 14.8. The topological polar surface area (TPSA) is 68.3 Å². The molecule has 4 rings (SSSR count). The van der Waals surface area contributed by atoms with E-state index < -0.39 is 5.54 Å². The van der Waals surface area contributed by atoms with Crippen LogP contribution in [0.1, 0.15) is 47.8 Å². The summed E-state index contributed by atoms with van der Waals surface area (Å²) in [5, 5.41) is 0.925. The summed E-state index contributed by atoms with van der Waals surface area (Å²) in [7, 11) is 0. The predicted octanol–water partition coefficient (Wildman–Crippen LogP) is 5.01. The minimum absolute atomic E-state index is 0.123. The summed E-state index contributed by atoms with van der Waals surface area (Å²) in [5.41, 5.74) is 7.85. The molecule has 0 radical (unpaired) electrons. The van der Waals surface area contributed by atoms with E-state index in [0.717, 1.165) is 24.8 Å². The summed E-state index contributed by atoms with van der Waals surface area (Å²) in [5.74, 6) is -0.493. The maximum Gasteiger partial charge on any atom is 0.185 e. The SMILES string of the molecule is C[C@]1(c2cc(CC(=O)c3ccc(Cl)cn3)ccc2F)N=C(N)SC2=C1CCC2. The Balaban J connectivity index is 1.68. The number of amidine groups is 1. The number of carbonyl (C=O) groups excluding carboxylic acids is 1. The first-order valence-corrected chi connectivity index (χ1v) is 10.3. The van der Waals surface area contributed by atoms with Gasteiger partial charge in [-0.3, -0.25) is 9.78 Å². The van der Waals surface area contributed by atoms with Gasteiger partial charge < -0.3 is 5.73 Å². The first-order chi connectivity index (χ1) is 13.4. The fraction of sp³-hybridized carbons (Fsp3) is 0.286. The minimum Gasteiger partial charge on any atom is -0.378 e. The van der Waals surface area contributed by atoms with Gasteiger partial charge in [0.25, 0.3) is 0 Å². The van der Waals surface area contributed by atoms with Crippen LogP contribution in [0.5, 0.6) is 0 Å². The molecule has 0 bridgehead atoms. The van der Waals surface area contributed by atoms with Crippen LogP contribution < -0.4 is 5.73 Å². The number of allylic oxidation sites excluding steroid dienone is 1. The number of Topliss-reactive ketones (excluding diaryl/α,β-unsaturated/α-hetero) is 1. The fourth-order valence-corrected chi connectivity index (χ4v) is 5.14. The highest BCUT2D eigenvalue weighted by molar-refractivity contribution is 8.17. The molecule has 0 fully saturated rings. The minimum atomic E-state index is -0.831. The number of nitrogens with two attached hydrogens (primary N) is 1. The standard InChI is InChI=1S/C21H19ClFN3OS/c1-21(14-3-2-4-19(14)28-20(24)26-21)15-9-12(5-7-16(15)23)10-18(27)17-8-6-13(22)11-25-17/h5-9,11H,2-4,10H2,1H3,(H2,24,26)/t21-/m0/s1. The molecule has 2 heterocycles. The molecule has 1 atom stereocenters. The molecule has 2 aliphatic rings. The van der Waals surface area contributed by atoms with Crippen molar-refractivity contribution < 1.29 is 9.18 Å². The van der Waals surface area contributed by atoms with Crippen LogP contribution in [0, 0.1) is 5.82 Å². The number of aromatic nitrogens is 1. The Morgan fingerprint density at radius 2 is 2.14 bits per heavy atom. The van der Waals surface area contributed by atoms with Crippen molar-refractivity contribution in [2.45, 2.75) is 38.1 Å². The Kier molecular flexibility index (Phi) is 5.02. The molecule has 2 N–H and O–H groups in total. The number of ketones is 1. The van der Waals surface area contributed by atoms with Gasteiger partial charge in [0.2, 0.25) is 0 Å². The lowest BCUT2D eigenvalue weighted by Crippen LogP contribution is -2.30. The molecule has 0 saturated carbocycles. The molecule has 0 unspecified atom stereocenters. The number of pyridine rings is 1. The molecule has 1 aromatic carbocycles. The van der Waals surface area contributed by atoms with Gasteiger partial charge in [0.1, 0.15) is 17.1 Å². The summed E-state index contributed by atoms with van der Waals surface area (Å²) >= 11 is 7.31. The van der Waals surface area contributed by atoms with Crippen molar-refractivity contribution in [3.05, 3.63) is 74.7 Å². The summed E-state index contributed by atoms with van der Waals surface area (Å²) < 4.78 is 14.8. The van der Waals surface area contributed by atoms with E-state index in [4.69, 9.17) is 17.3 Å². The number of carbonyl (C=O) groups is 1. The van der Waals surface area contributed by atoms with E-state index >= 15 is 0 Å². The Hall–Kier alpha value is -2.18. The molecule has 28 heavy (non-hydrogen) atoms. The van der Waals surface area contributed by atoms with Crippen molar-refractivity contribution in [2.24, 2.45) is 10.7 Å². The molecule has 4 nitrogen and oxygen atoms in total. The van der Waals surface area contributed by atoms with Gasteiger partial charge in [0.05, 0.1) is 5.02 Å². The Morgan fingerprint density at radius 1 is 1.32 bits per heavy atom. The van der Waals surface area contributed by atoms with Crippen molar-refractivity contribution in [3.8, 4) is 0 Å². The molecule has 0 amide bonds. The monoisotopic (exact) mass is 415 g/mol. The van der Waals surface area contributed by atoms with Gasteiger partial charge in [-0.1, -0.05) is 29.4 Å². The van der Waals surface area contributed by atoms with Crippen LogP contribution in [-0.4, -0.2) is 15.9 Å². The number of aliphatic imine (C=N–C) groups is 1. The molecule has 0 saturated heterocycles. The van der Waals surface area contributed by atoms with Crippen LogP contribution in [0.15, 0.2) is 52.0 Å². The maximum atomic E-state index is 14.8. The Labute approximate surface area is 172 Å². The van der Waals surface area contributed by atoms with Crippen molar-refractivity contribution >= 4 is 34.3 Å². The second kappa shape index (κ2) is 7.33. The summed E-state index contributed by atoms with van der Waals surface area (Å²) in [6.07, 6.45) is 4.42. The Bertz CT molecular complexity index is 1020. The van der Waals surface area contributed by atoms with E-state index in [2.05, 4.69) is 9.98 Å². The first kappa shape index (κ1) is 19.2. The van der Waals surface area contributed by atoms with E-state index in [1.165, 1.54) is 28.9 Å². The number of hydrogen-bond acceptors (Lipinski definition) is 5. The zero-order chi connectivity index (χ0) is 19.9. The van der Waals surface area contributed by atoms with E-state index in [1.54, 1.807) is 24.3 Å². The average Bonchev–Trinajstić information content (AvgIpc) is 3.13. The first-order valence-electron chi connectivity index (χ1n) is 9.06. The molecule has 1 aliphatic carbocycles. The highest BCUT2D eigenvalue weighted by Crippen LogP contribution is 2.50. The van der Waals surface area contributed by atoms with E-state index in [1.807, 2.05) is 6.92 Å². The molecule has 0 spiro atoms. The average molecular weight is 416 g/mol. The quantitative estimate of drug-likeness (QED) is 0.712. The molecule has 7 heteroatoms. The summed E-state index contributed by atoms with van der Waals surface area (Å²) in [6.45, 7) is 1.91. The van der Waals surface area contributed by atoms with Crippen LogP contribution in [0.3, 0.4) is 0 Å². The summed E-state index contributed by atoms with van der Waals surface area (Å²) in [6, 6.07) is 7.99. The number of thioether (sulfide) groups is 1. The number of rotatable bonds is 4. The van der Waals surface area contributed by atoms with Crippen LogP contribution in [0.25, 0.3) is 0 Å². The number of hydrogen-bond donors (Lipinski definition) is 1. The van der Waals surface area contributed by atoms with Crippen molar-refractivity contribution in [2.75, 3.05) is 0 Å². The van der Waals surface area contributed by atoms with Crippen LogP contribution in [0.4, 0.5) is 4.39 Å². The van der Waals surface area contributed by atoms with E-state index in [9.17, 15) is 9.18 Å². The van der Waals surface area contributed by atoms with E-state index in [-0.39, 0.29) is 18.0 Å². The van der Waals surface area contributed by atoms with E-state index in [0.29, 0.717) is 27.0 Å². The third kappa shape index (κ3) is 3.47. The number of nitrogens with zero attached hydrogens (tertiary/aromatic N) is 2. The number of halogens is 2. The van der Waals surface area contributed by atoms with Crippen LogP contribution >= 0.6 is 23.4 Å². The van der Waals surface area contributed by atoms with Gasteiger partial charge in [-0.05, 0) is 66.5 Å². The van der Waals surface area contributed by atoms with Crippen molar-refractivity contribution in [1.29, 1.82) is 0 Å². The zero-order valence-electron chi connectivity index (χ0n) is 15.3. The van der Waals surface area contributed by atoms with Crippen molar-refractivity contribution in [3.63, 3.8) is 0 Å². The fourth-order valence-electron chi connectivity index (χ4n) is 3.88. The normalized spacial score (nSPS) is 21.5. The Morgan fingerprint density at radius 3 is 2.89 bits per heavy atom. The highest BCUT2D eigenvalue weighted by atomic mass is 35.5. The molecular formula is C21H19ClFN3OS. The molecule has 2 aromatic rings. The van der Waals surface area contributed by atoms with Crippen LogP contribution in [-0.2, 0) is 12.0 Å². The van der Waals surface area contributed by atoms with Crippen molar-refractivity contribution in [1.82, 2.24) is 4.98 Å². The third-order valence-electron chi connectivity index (χ3n) is 5.25. The van der Waals surface area contributed by atoms with Crippen LogP contribution in [0.2, 0.25) is 5.02 Å². The number of benzene rings is 1. The van der Waals surface area contributed by atoms with Gasteiger partial charge in [-0.15, -0.1) is 0 Å². The predicted molar refractivity (Wildman–Crippen MR) is 111 cm³/mol. The lowest BCUT2D eigenvalue weighted by Gasteiger charge is -2.33. The lowest BCUT2D eigenvalue weighted by molar-refractivity contribution is 0.0988. The molecular weight excluding hydrogens is 397 g/mol. The lowest BCUT2D eigenvalue weighted by atomic mass is 9.82. The third-order valence-corrected chi connectivity index (χ3v) is 6.47. The highest BCUT2D eigenvalue weighted by Gasteiger charge is 2.40. The largest absolute Gasteiger partial charge is 0.378 e. The second-order valence-electron chi connectivity index (χ2n) is 7.16. The summed E-state index contributed by atoms with van der Waals surface area (Å²) in [4.78, 5) is 22.4. The molecule has 1 aromatic heterocycles.